The van der Waals surface area contributed by atoms with Crippen LogP contribution in [0.15, 0.2) is 36.4 Å². The highest BCUT2D eigenvalue weighted by Gasteiger charge is 2.45. The van der Waals surface area contributed by atoms with Crippen LogP contribution in [0.3, 0.4) is 0 Å². The Balaban J connectivity index is 1.62. The molecule has 2 aromatic carbocycles. The number of benzene rings is 2. The molecule has 0 radical (unpaired) electrons. The number of ether oxygens (including phenoxy) is 2. The van der Waals surface area contributed by atoms with Crippen molar-refractivity contribution in [2.45, 2.75) is 38.8 Å². The molecule has 2 amide bonds. The molecular weight excluding hydrogens is 368 g/mol. The predicted octanol–water partition coefficient (Wildman–Crippen LogP) is 3.26. The Morgan fingerprint density at radius 3 is 2.31 bits per heavy atom. The van der Waals surface area contributed by atoms with E-state index in [9.17, 15) is 9.59 Å². The lowest BCUT2D eigenvalue weighted by atomic mass is 9.91. The molecule has 2 heterocycles. The second-order valence-corrected chi connectivity index (χ2v) is 7.69. The number of rotatable bonds is 4. The average molecular weight is 394 g/mol. The first kappa shape index (κ1) is 19.5. The summed E-state index contributed by atoms with van der Waals surface area (Å²) in [6.45, 7) is 4.78. The molecule has 152 valence electrons. The van der Waals surface area contributed by atoms with Gasteiger partial charge in [0.15, 0.2) is 11.5 Å². The summed E-state index contributed by atoms with van der Waals surface area (Å²) in [6, 6.07) is 11.1. The van der Waals surface area contributed by atoms with E-state index in [1.807, 2.05) is 43.3 Å². The Morgan fingerprint density at radius 1 is 1.00 bits per heavy atom. The van der Waals surface area contributed by atoms with Crippen LogP contribution >= 0.6 is 0 Å². The normalized spacial score (nSPS) is 22.0. The highest BCUT2D eigenvalue weighted by molar-refractivity contribution is 6.22. The molecule has 2 atom stereocenters. The van der Waals surface area contributed by atoms with Crippen molar-refractivity contribution in [3.05, 3.63) is 53.1 Å². The molecule has 2 aliphatic rings. The Labute approximate surface area is 171 Å². The summed E-state index contributed by atoms with van der Waals surface area (Å²) >= 11 is 0. The summed E-state index contributed by atoms with van der Waals surface area (Å²) in [5.74, 6) is 1.10. The molecule has 2 unspecified atom stereocenters. The molecule has 0 bridgehead atoms. The van der Waals surface area contributed by atoms with Gasteiger partial charge in [-0.15, -0.1) is 0 Å². The van der Waals surface area contributed by atoms with Crippen LogP contribution in [0.5, 0.6) is 11.5 Å². The standard InChI is InChI=1S/C23H26N2O4/c1-14-5-7-17(8-6-14)25-22(26)13-19(23(25)27)24-10-9-16-11-20(28-3)21(29-4)12-18(16)15(24)2/h5-8,11-12,15,19H,9-10,13H2,1-4H3. The van der Waals surface area contributed by atoms with E-state index < -0.39 is 6.04 Å². The molecule has 0 aromatic heterocycles. The smallest absolute Gasteiger partial charge is 0.251 e. The number of aryl methyl sites for hydroxylation is 1. The summed E-state index contributed by atoms with van der Waals surface area (Å²) in [4.78, 5) is 29.4. The van der Waals surface area contributed by atoms with E-state index in [1.54, 1.807) is 14.2 Å². The van der Waals surface area contributed by atoms with Gasteiger partial charge >= 0.3 is 0 Å². The van der Waals surface area contributed by atoms with Crippen LogP contribution in [0.1, 0.15) is 36.1 Å². The van der Waals surface area contributed by atoms with Gasteiger partial charge < -0.3 is 9.47 Å². The Hall–Kier alpha value is -2.86. The van der Waals surface area contributed by atoms with Crippen molar-refractivity contribution >= 4 is 17.5 Å². The summed E-state index contributed by atoms with van der Waals surface area (Å²) in [7, 11) is 3.25. The van der Waals surface area contributed by atoms with Crippen LogP contribution in [0, 0.1) is 6.92 Å². The summed E-state index contributed by atoms with van der Waals surface area (Å²) in [5, 5.41) is 0. The fraction of sp³-hybridized carbons (Fsp3) is 0.391. The van der Waals surface area contributed by atoms with Gasteiger partial charge in [0.2, 0.25) is 5.91 Å². The minimum atomic E-state index is -0.444. The highest BCUT2D eigenvalue weighted by Crippen LogP contribution is 2.40. The molecule has 2 aromatic rings. The van der Waals surface area contributed by atoms with E-state index in [4.69, 9.17) is 9.47 Å². The van der Waals surface area contributed by atoms with E-state index in [0.717, 1.165) is 24.1 Å². The minimum Gasteiger partial charge on any atom is -0.493 e. The van der Waals surface area contributed by atoms with E-state index >= 15 is 0 Å². The lowest BCUT2D eigenvalue weighted by Crippen LogP contribution is -2.46. The number of carbonyl (C=O) groups is 2. The molecule has 29 heavy (non-hydrogen) atoms. The highest BCUT2D eigenvalue weighted by atomic mass is 16.5. The molecule has 0 aliphatic carbocycles. The van der Waals surface area contributed by atoms with Gasteiger partial charge in [0.25, 0.3) is 5.91 Å². The third-order valence-corrected chi connectivity index (χ3v) is 6.05. The lowest BCUT2D eigenvalue weighted by Gasteiger charge is -2.38. The molecule has 0 N–H and O–H groups in total. The maximum absolute atomic E-state index is 13.2. The average Bonchev–Trinajstić information content (AvgIpc) is 3.02. The van der Waals surface area contributed by atoms with Gasteiger partial charge in [0, 0.05) is 12.6 Å². The third kappa shape index (κ3) is 3.27. The zero-order valence-electron chi connectivity index (χ0n) is 17.3. The van der Waals surface area contributed by atoms with E-state index in [-0.39, 0.29) is 24.3 Å². The predicted molar refractivity (Wildman–Crippen MR) is 110 cm³/mol. The number of carbonyl (C=O) groups excluding carboxylic acids is 2. The van der Waals surface area contributed by atoms with E-state index in [1.165, 1.54) is 10.5 Å². The first-order chi connectivity index (χ1) is 13.9. The molecule has 1 saturated heterocycles. The maximum Gasteiger partial charge on any atom is 0.251 e. The van der Waals surface area contributed by atoms with Crippen molar-refractivity contribution < 1.29 is 19.1 Å². The van der Waals surface area contributed by atoms with Gasteiger partial charge in [-0.05, 0) is 55.7 Å². The number of amides is 2. The molecule has 0 spiro atoms. The van der Waals surface area contributed by atoms with Crippen molar-refractivity contribution in [1.82, 2.24) is 4.90 Å². The topological polar surface area (TPSA) is 59.1 Å². The number of methoxy groups -OCH3 is 2. The Morgan fingerprint density at radius 2 is 1.66 bits per heavy atom. The third-order valence-electron chi connectivity index (χ3n) is 6.05. The van der Waals surface area contributed by atoms with Crippen molar-refractivity contribution in [2.75, 3.05) is 25.7 Å². The molecule has 6 heteroatoms. The summed E-state index contributed by atoms with van der Waals surface area (Å²) in [5.41, 5.74) is 4.04. The van der Waals surface area contributed by atoms with Crippen LogP contribution < -0.4 is 14.4 Å². The van der Waals surface area contributed by atoms with E-state index in [2.05, 4.69) is 11.8 Å². The monoisotopic (exact) mass is 394 g/mol. The molecule has 4 rings (SSSR count). The maximum atomic E-state index is 13.2. The van der Waals surface area contributed by atoms with Crippen LogP contribution in [0.25, 0.3) is 0 Å². The number of imide groups is 1. The zero-order valence-corrected chi connectivity index (χ0v) is 17.3. The second kappa shape index (κ2) is 7.52. The largest absolute Gasteiger partial charge is 0.493 e. The number of fused-ring (bicyclic) bond motifs is 1. The van der Waals surface area contributed by atoms with Crippen molar-refractivity contribution in [1.29, 1.82) is 0 Å². The van der Waals surface area contributed by atoms with Gasteiger partial charge in [0.1, 0.15) is 0 Å². The first-order valence-electron chi connectivity index (χ1n) is 9.88. The summed E-state index contributed by atoms with van der Waals surface area (Å²) in [6.07, 6.45) is 1.00. The van der Waals surface area contributed by atoms with Gasteiger partial charge in [-0.3, -0.25) is 14.5 Å². The zero-order chi connectivity index (χ0) is 20.7. The molecule has 6 nitrogen and oxygen atoms in total. The minimum absolute atomic E-state index is 0.00160. The number of hydrogen-bond donors (Lipinski definition) is 0. The van der Waals surface area contributed by atoms with E-state index in [0.29, 0.717) is 17.2 Å². The number of nitrogens with zero attached hydrogens (tertiary/aromatic N) is 2. The number of anilines is 1. The Bertz CT molecular complexity index is 954. The van der Waals surface area contributed by atoms with Crippen molar-refractivity contribution in [2.24, 2.45) is 0 Å². The fourth-order valence-corrected chi connectivity index (χ4v) is 4.43. The molecular formula is C23H26N2O4. The van der Waals surface area contributed by atoms with Crippen LogP contribution in [0.2, 0.25) is 0 Å². The quantitative estimate of drug-likeness (QED) is 0.745. The van der Waals surface area contributed by atoms with Gasteiger partial charge in [-0.2, -0.15) is 0 Å². The lowest BCUT2D eigenvalue weighted by molar-refractivity contribution is -0.123. The van der Waals surface area contributed by atoms with Gasteiger partial charge in [0.05, 0.1) is 32.4 Å². The second-order valence-electron chi connectivity index (χ2n) is 7.69. The van der Waals surface area contributed by atoms with Gasteiger partial charge in [-0.1, -0.05) is 17.7 Å². The van der Waals surface area contributed by atoms with Gasteiger partial charge in [-0.25, -0.2) is 4.90 Å². The molecule has 1 fully saturated rings. The van der Waals surface area contributed by atoms with Crippen molar-refractivity contribution in [3.63, 3.8) is 0 Å². The van der Waals surface area contributed by atoms with Crippen molar-refractivity contribution in [3.8, 4) is 11.5 Å². The number of hydrogen-bond acceptors (Lipinski definition) is 5. The Kier molecular flexibility index (Phi) is 5.04. The fourth-order valence-electron chi connectivity index (χ4n) is 4.43. The van der Waals surface area contributed by atoms with Crippen LogP contribution in [0.4, 0.5) is 5.69 Å². The summed E-state index contributed by atoms with van der Waals surface area (Å²) < 4.78 is 10.9. The van der Waals surface area contributed by atoms with Crippen LogP contribution in [-0.2, 0) is 16.0 Å². The van der Waals surface area contributed by atoms with Crippen LogP contribution in [-0.4, -0.2) is 43.5 Å². The first-order valence-corrected chi connectivity index (χ1v) is 9.88. The molecule has 0 saturated carbocycles. The SMILES string of the molecule is COc1cc2c(cc1OC)C(C)N(C1CC(=O)N(c3ccc(C)cc3)C1=O)CC2. The molecule has 2 aliphatic heterocycles.